The molecule has 1 aromatic rings. The minimum atomic E-state index is -1.06. The van der Waals surface area contributed by atoms with E-state index in [0.717, 1.165) is 11.1 Å². The fourth-order valence-electron chi connectivity index (χ4n) is 3.41. The summed E-state index contributed by atoms with van der Waals surface area (Å²) in [6.07, 6.45) is -0.609. The third kappa shape index (κ3) is 1.50. The van der Waals surface area contributed by atoms with Crippen molar-refractivity contribution in [3.63, 3.8) is 0 Å². The molecular formula is C17H20O4. The van der Waals surface area contributed by atoms with Gasteiger partial charge in [-0.05, 0) is 34.6 Å². The Bertz CT molecular complexity index is 625. The van der Waals surface area contributed by atoms with Crippen LogP contribution in [0.2, 0.25) is 0 Å². The number of aryl methyl sites for hydroxylation is 1. The van der Waals surface area contributed by atoms with Gasteiger partial charge in [-0.2, -0.15) is 0 Å². The average molecular weight is 288 g/mol. The van der Waals surface area contributed by atoms with E-state index in [0.29, 0.717) is 0 Å². The molecule has 1 aromatic carbocycles. The third-order valence-electron chi connectivity index (χ3n) is 4.95. The summed E-state index contributed by atoms with van der Waals surface area (Å²) in [6, 6.07) is 7.75. The van der Waals surface area contributed by atoms with Gasteiger partial charge in [0.15, 0.2) is 11.7 Å². The Labute approximate surface area is 124 Å². The molecule has 0 bridgehead atoms. The number of benzene rings is 1. The molecule has 4 nitrogen and oxygen atoms in total. The van der Waals surface area contributed by atoms with Crippen LogP contribution in [-0.2, 0) is 24.7 Å². The average Bonchev–Trinajstić information content (AvgIpc) is 2.73. The maximum absolute atomic E-state index is 12.3. The SMILES string of the molecule is Cc1ccc([C@]23OC(=O)C(C)(C)[C@H]2OC(=O)C3(C)C)cc1. The Balaban J connectivity index is 2.26. The van der Waals surface area contributed by atoms with Gasteiger partial charge in [0.25, 0.3) is 0 Å². The lowest BCUT2D eigenvalue weighted by molar-refractivity contribution is -0.166. The van der Waals surface area contributed by atoms with E-state index in [1.807, 2.05) is 31.2 Å². The smallest absolute Gasteiger partial charge is 0.316 e. The minimum absolute atomic E-state index is 0.325. The molecule has 4 heteroatoms. The van der Waals surface area contributed by atoms with Crippen LogP contribution < -0.4 is 0 Å². The Morgan fingerprint density at radius 3 is 2.10 bits per heavy atom. The van der Waals surface area contributed by atoms with Crippen molar-refractivity contribution in [1.29, 1.82) is 0 Å². The molecule has 2 aliphatic heterocycles. The quantitative estimate of drug-likeness (QED) is 0.746. The molecule has 2 fully saturated rings. The van der Waals surface area contributed by atoms with Gasteiger partial charge in [-0.1, -0.05) is 29.8 Å². The molecular weight excluding hydrogens is 268 g/mol. The molecule has 0 spiro atoms. The maximum atomic E-state index is 12.3. The standard InChI is InChI=1S/C17H20O4/c1-10-6-8-11(9-7-10)17-12(15(2,3)13(18)21-17)20-14(19)16(17,4)5/h6-9,12H,1-5H3/t12-,17+/m1/s1. The highest BCUT2D eigenvalue weighted by Gasteiger charge is 2.75. The van der Waals surface area contributed by atoms with Gasteiger partial charge in [0.1, 0.15) is 10.8 Å². The van der Waals surface area contributed by atoms with E-state index in [1.165, 1.54) is 0 Å². The van der Waals surface area contributed by atoms with Gasteiger partial charge in [0.2, 0.25) is 0 Å². The minimum Gasteiger partial charge on any atom is -0.456 e. The highest BCUT2D eigenvalue weighted by molar-refractivity contribution is 5.89. The molecule has 0 saturated carbocycles. The van der Waals surface area contributed by atoms with E-state index in [-0.39, 0.29) is 11.9 Å². The van der Waals surface area contributed by atoms with Crippen molar-refractivity contribution in [2.45, 2.75) is 46.3 Å². The lowest BCUT2D eigenvalue weighted by atomic mass is 9.66. The topological polar surface area (TPSA) is 52.6 Å². The van der Waals surface area contributed by atoms with Gasteiger partial charge in [-0.3, -0.25) is 9.59 Å². The van der Waals surface area contributed by atoms with Crippen LogP contribution in [-0.4, -0.2) is 18.0 Å². The first-order valence-electron chi connectivity index (χ1n) is 7.16. The molecule has 0 amide bonds. The Kier molecular flexibility index (Phi) is 2.60. The number of hydrogen-bond acceptors (Lipinski definition) is 4. The fourth-order valence-corrected chi connectivity index (χ4v) is 3.41. The summed E-state index contributed by atoms with van der Waals surface area (Å²) in [5, 5.41) is 0. The number of esters is 2. The zero-order valence-electron chi connectivity index (χ0n) is 13.0. The highest BCUT2D eigenvalue weighted by atomic mass is 16.6. The molecule has 0 N–H and O–H groups in total. The largest absolute Gasteiger partial charge is 0.456 e. The second-order valence-corrected chi connectivity index (χ2v) is 7.12. The first kappa shape index (κ1) is 14.1. The van der Waals surface area contributed by atoms with E-state index >= 15 is 0 Å². The van der Waals surface area contributed by atoms with Crippen LogP contribution in [0.25, 0.3) is 0 Å². The number of hydrogen-bond donors (Lipinski definition) is 0. The monoisotopic (exact) mass is 288 g/mol. The first-order valence-corrected chi connectivity index (χ1v) is 7.16. The van der Waals surface area contributed by atoms with Crippen molar-refractivity contribution >= 4 is 11.9 Å². The van der Waals surface area contributed by atoms with Crippen LogP contribution in [0.4, 0.5) is 0 Å². The Hall–Kier alpha value is -1.84. The van der Waals surface area contributed by atoms with Gasteiger partial charge < -0.3 is 9.47 Å². The second kappa shape index (κ2) is 3.87. The summed E-state index contributed by atoms with van der Waals surface area (Å²) in [7, 11) is 0. The normalized spacial score (nSPS) is 32.5. The summed E-state index contributed by atoms with van der Waals surface area (Å²) in [5.41, 5.74) is -0.908. The van der Waals surface area contributed by atoms with Crippen LogP contribution in [0.5, 0.6) is 0 Å². The van der Waals surface area contributed by atoms with Crippen molar-refractivity contribution in [3.8, 4) is 0 Å². The predicted molar refractivity (Wildman–Crippen MR) is 76.4 cm³/mol. The van der Waals surface area contributed by atoms with E-state index < -0.39 is 22.5 Å². The number of ether oxygens (including phenoxy) is 2. The van der Waals surface area contributed by atoms with Crippen molar-refractivity contribution in [2.75, 3.05) is 0 Å². The maximum Gasteiger partial charge on any atom is 0.316 e. The van der Waals surface area contributed by atoms with Crippen LogP contribution in [0, 0.1) is 17.8 Å². The van der Waals surface area contributed by atoms with Crippen molar-refractivity contribution in [2.24, 2.45) is 10.8 Å². The molecule has 21 heavy (non-hydrogen) atoms. The van der Waals surface area contributed by atoms with Crippen LogP contribution in [0.1, 0.15) is 38.8 Å². The molecule has 0 radical (unpaired) electrons. The zero-order chi connectivity index (χ0) is 15.6. The lowest BCUT2D eigenvalue weighted by Gasteiger charge is -2.36. The number of rotatable bonds is 1. The number of carbonyl (C=O) groups excluding carboxylic acids is 2. The van der Waals surface area contributed by atoms with E-state index in [9.17, 15) is 9.59 Å². The molecule has 0 aromatic heterocycles. The van der Waals surface area contributed by atoms with Crippen LogP contribution >= 0.6 is 0 Å². The predicted octanol–water partition coefficient (Wildman–Crippen LogP) is 2.72. The summed E-state index contributed by atoms with van der Waals surface area (Å²) < 4.78 is 11.4. The number of carbonyl (C=O) groups is 2. The van der Waals surface area contributed by atoms with Gasteiger partial charge in [-0.25, -0.2) is 0 Å². The summed E-state index contributed by atoms with van der Waals surface area (Å²) in [6.45, 7) is 9.09. The summed E-state index contributed by atoms with van der Waals surface area (Å²) in [4.78, 5) is 24.7. The molecule has 2 atom stereocenters. The van der Waals surface area contributed by atoms with Gasteiger partial charge in [0, 0.05) is 5.56 Å². The van der Waals surface area contributed by atoms with Crippen molar-refractivity contribution < 1.29 is 19.1 Å². The number of fused-ring (bicyclic) bond motifs is 1. The third-order valence-corrected chi connectivity index (χ3v) is 4.95. The Morgan fingerprint density at radius 1 is 0.952 bits per heavy atom. The van der Waals surface area contributed by atoms with E-state index in [1.54, 1.807) is 27.7 Å². The lowest BCUT2D eigenvalue weighted by Crippen LogP contribution is -2.47. The van der Waals surface area contributed by atoms with Crippen LogP contribution in [0.3, 0.4) is 0 Å². The molecule has 0 aliphatic carbocycles. The van der Waals surface area contributed by atoms with E-state index in [2.05, 4.69) is 0 Å². The molecule has 112 valence electrons. The Morgan fingerprint density at radius 2 is 1.52 bits per heavy atom. The highest BCUT2D eigenvalue weighted by Crippen LogP contribution is 2.61. The van der Waals surface area contributed by atoms with E-state index in [4.69, 9.17) is 9.47 Å². The van der Waals surface area contributed by atoms with Gasteiger partial charge in [-0.15, -0.1) is 0 Å². The van der Waals surface area contributed by atoms with Crippen LogP contribution in [0.15, 0.2) is 24.3 Å². The molecule has 2 aliphatic rings. The first-order chi connectivity index (χ1) is 9.64. The van der Waals surface area contributed by atoms with Gasteiger partial charge >= 0.3 is 11.9 Å². The van der Waals surface area contributed by atoms with Crippen molar-refractivity contribution in [1.82, 2.24) is 0 Å². The molecule has 3 rings (SSSR count). The molecule has 2 heterocycles. The summed E-state index contributed by atoms with van der Waals surface area (Å²) >= 11 is 0. The van der Waals surface area contributed by atoms with Gasteiger partial charge in [0.05, 0.1) is 0 Å². The summed E-state index contributed by atoms with van der Waals surface area (Å²) in [5.74, 6) is -0.651. The molecule has 0 unspecified atom stereocenters. The van der Waals surface area contributed by atoms with Crippen molar-refractivity contribution in [3.05, 3.63) is 35.4 Å². The second-order valence-electron chi connectivity index (χ2n) is 7.12. The zero-order valence-corrected chi connectivity index (χ0v) is 13.0. The fraction of sp³-hybridized carbons (Fsp3) is 0.529. The molecule has 2 saturated heterocycles.